The Bertz CT molecular complexity index is 920. The van der Waals surface area contributed by atoms with E-state index in [2.05, 4.69) is 10.3 Å². The monoisotopic (exact) mass is 376 g/mol. The van der Waals surface area contributed by atoms with Crippen molar-refractivity contribution in [3.05, 3.63) is 48.5 Å². The lowest BCUT2D eigenvalue weighted by Crippen LogP contribution is -2.26. The minimum absolute atomic E-state index is 0.166. The van der Waals surface area contributed by atoms with Crippen molar-refractivity contribution in [3.8, 4) is 10.6 Å². The highest BCUT2D eigenvalue weighted by Gasteiger charge is 2.67. The van der Waals surface area contributed by atoms with Gasteiger partial charge in [-0.05, 0) is 37.6 Å². The molecule has 0 spiro atoms. The average molecular weight is 377 g/mol. The van der Waals surface area contributed by atoms with E-state index in [0.29, 0.717) is 6.42 Å². The number of hydrogen-bond donors (Lipinski definition) is 1. The average Bonchev–Trinajstić information content (AvgIpc) is 2.92. The molecule has 1 heterocycles. The van der Waals surface area contributed by atoms with Gasteiger partial charge in [0.05, 0.1) is 21.3 Å². The summed E-state index contributed by atoms with van der Waals surface area (Å²) in [4.78, 5) is 17.2. The molecule has 4 rings (SSSR count). The van der Waals surface area contributed by atoms with E-state index >= 15 is 0 Å². The van der Waals surface area contributed by atoms with Gasteiger partial charge in [-0.25, -0.2) is 4.98 Å². The fourth-order valence-electron chi connectivity index (χ4n) is 2.67. The summed E-state index contributed by atoms with van der Waals surface area (Å²) < 4.78 is 0.130. The highest BCUT2D eigenvalue weighted by atomic mass is 35.5. The number of carbonyl (C=O) groups is 1. The van der Waals surface area contributed by atoms with Crippen molar-refractivity contribution < 1.29 is 4.79 Å². The van der Waals surface area contributed by atoms with Gasteiger partial charge in [-0.15, -0.1) is 34.5 Å². The predicted octanol–water partition coefficient (Wildman–Crippen LogP) is 5.49. The highest BCUT2D eigenvalue weighted by molar-refractivity contribution is 7.21. The molecule has 6 heteroatoms. The zero-order valence-electron chi connectivity index (χ0n) is 12.8. The van der Waals surface area contributed by atoms with Crippen molar-refractivity contribution in [1.82, 2.24) is 4.98 Å². The second-order valence-electron chi connectivity index (χ2n) is 6.20. The summed E-state index contributed by atoms with van der Waals surface area (Å²) in [5.74, 6) is -0.166. The molecule has 1 atom stereocenters. The fourth-order valence-corrected chi connectivity index (χ4v) is 4.38. The number of para-hydroxylation sites is 2. The van der Waals surface area contributed by atoms with Crippen LogP contribution in [-0.2, 0) is 4.79 Å². The molecule has 3 nitrogen and oxygen atoms in total. The summed E-state index contributed by atoms with van der Waals surface area (Å²) in [5, 5.41) is 3.84. The maximum Gasteiger partial charge on any atom is 0.233 e. The highest BCUT2D eigenvalue weighted by Crippen LogP contribution is 2.64. The van der Waals surface area contributed by atoms with E-state index in [4.69, 9.17) is 23.2 Å². The van der Waals surface area contributed by atoms with Gasteiger partial charge in [0.15, 0.2) is 0 Å². The van der Waals surface area contributed by atoms with Crippen LogP contribution in [0.15, 0.2) is 48.5 Å². The first-order valence-electron chi connectivity index (χ1n) is 7.55. The molecule has 1 amide bonds. The molecule has 122 valence electrons. The predicted molar refractivity (Wildman–Crippen MR) is 101 cm³/mol. The van der Waals surface area contributed by atoms with Gasteiger partial charge in [-0.1, -0.05) is 24.3 Å². The second-order valence-corrected chi connectivity index (χ2v) is 8.71. The van der Waals surface area contributed by atoms with Crippen LogP contribution in [0.4, 0.5) is 5.69 Å². The maximum atomic E-state index is 12.6. The number of alkyl halides is 2. The summed E-state index contributed by atoms with van der Waals surface area (Å²) in [7, 11) is 0. The first kappa shape index (κ1) is 15.9. The number of thiazole rings is 1. The van der Waals surface area contributed by atoms with E-state index in [-0.39, 0.29) is 5.91 Å². The second kappa shape index (κ2) is 5.45. The Balaban J connectivity index is 1.69. The number of hydrogen-bond acceptors (Lipinski definition) is 3. The number of benzene rings is 2. The number of fused-ring (bicyclic) bond motifs is 1. The van der Waals surface area contributed by atoms with Crippen LogP contribution >= 0.6 is 34.5 Å². The molecule has 24 heavy (non-hydrogen) atoms. The van der Waals surface area contributed by atoms with E-state index < -0.39 is 9.75 Å². The minimum atomic E-state index is -0.984. The Hall–Kier alpha value is -1.62. The SMILES string of the molecule is C[C@]1(C(=O)Nc2ccccc2-c2nc3ccccc3s2)CC1(Cl)Cl. The van der Waals surface area contributed by atoms with E-state index in [9.17, 15) is 4.79 Å². The van der Waals surface area contributed by atoms with Gasteiger partial charge in [0.1, 0.15) is 9.34 Å². The summed E-state index contributed by atoms with van der Waals surface area (Å²) >= 11 is 13.8. The molecule has 1 aliphatic carbocycles. The van der Waals surface area contributed by atoms with Crippen molar-refractivity contribution in [1.29, 1.82) is 0 Å². The van der Waals surface area contributed by atoms with Crippen molar-refractivity contribution in [2.75, 3.05) is 5.32 Å². The number of amides is 1. The largest absolute Gasteiger partial charge is 0.325 e. The lowest BCUT2D eigenvalue weighted by atomic mass is 10.1. The molecular weight excluding hydrogens is 363 g/mol. The molecule has 0 radical (unpaired) electrons. The topological polar surface area (TPSA) is 42.0 Å². The third-order valence-corrected chi connectivity index (χ3v) is 6.63. The van der Waals surface area contributed by atoms with Crippen LogP contribution in [0.3, 0.4) is 0 Å². The van der Waals surface area contributed by atoms with Crippen molar-refractivity contribution in [2.45, 2.75) is 17.7 Å². The van der Waals surface area contributed by atoms with E-state index in [1.807, 2.05) is 48.5 Å². The van der Waals surface area contributed by atoms with Crippen LogP contribution in [0.5, 0.6) is 0 Å². The summed E-state index contributed by atoms with van der Waals surface area (Å²) in [6.07, 6.45) is 0.457. The van der Waals surface area contributed by atoms with E-state index in [0.717, 1.165) is 26.5 Å². The molecule has 1 aromatic heterocycles. The number of anilines is 1. The third-order valence-electron chi connectivity index (χ3n) is 4.46. The van der Waals surface area contributed by atoms with Crippen molar-refractivity contribution in [2.24, 2.45) is 5.41 Å². The van der Waals surface area contributed by atoms with Crippen LogP contribution in [0.1, 0.15) is 13.3 Å². The number of halogens is 2. The summed E-state index contributed by atoms with van der Waals surface area (Å²) in [6, 6.07) is 15.6. The normalized spacial score (nSPS) is 21.6. The molecule has 0 unspecified atom stereocenters. The van der Waals surface area contributed by atoms with E-state index in [1.54, 1.807) is 18.3 Å². The number of aromatic nitrogens is 1. The summed E-state index contributed by atoms with van der Waals surface area (Å²) in [6.45, 7) is 1.78. The van der Waals surface area contributed by atoms with Gasteiger partial charge in [0.25, 0.3) is 0 Å². The smallest absolute Gasteiger partial charge is 0.233 e. The lowest BCUT2D eigenvalue weighted by Gasteiger charge is -2.14. The molecule has 0 saturated heterocycles. The maximum absolute atomic E-state index is 12.6. The Morgan fingerprint density at radius 3 is 2.54 bits per heavy atom. The van der Waals surface area contributed by atoms with Gasteiger partial charge >= 0.3 is 0 Å². The van der Waals surface area contributed by atoms with Crippen molar-refractivity contribution >= 4 is 56.3 Å². The van der Waals surface area contributed by atoms with Gasteiger partial charge in [0.2, 0.25) is 5.91 Å². The van der Waals surface area contributed by atoms with Gasteiger partial charge in [0, 0.05) is 5.56 Å². The standard InChI is InChI=1S/C18H14Cl2N2OS/c1-17(10-18(17,19)20)16(23)22-12-7-3-2-6-11(12)15-21-13-8-4-5-9-14(13)24-15/h2-9H,10H2,1H3,(H,22,23)/t17-/m1/s1. The number of carbonyl (C=O) groups excluding carboxylic acids is 1. The third kappa shape index (κ3) is 2.50. The number of rotatable bonds is 3. The Labute approximate surface area is 153 Å². The first-order chi connectivity index (χ1) is 11.4. The number of nitrogens with zero attached hydrogens (tertiary/aromatic N) is 1. The summed E-state index contributed by atoms with van der Waals surface area (Å²) in [5.41, 5.74) is 1.81. The quantitative estimate of drug-likeness (QED) is 0.614. The van der Waals surface area contributed by atoms with Gasteiger partial charge in [-0.3, -0.25) is 4.79 Å². The molecule has 1 N–H and O–H groups in total. The molecule has 2 aromatic carbocycles. The molecule has 0 bridgehead atoms. The van der Waals surface area contributed by atoms with E-state index in [1.165, 1.54) is 0 Å². The number of nitrogens with one attached hydrogen (secondary N) is 1. The Morgan fingerprint density at radius 1 is 1.17 bits per heavy atom. The zero-order chi connectivity index (χ0) is 16.9. The van der Waals surface area contributed by atoms with Gasteiger partial charge < -0.3 is 5.32 Å². The van der Waals surface area contributed by atoms with Crippen LogP contribution in [0.25, 0.3) is 20.8 Å². The van der Waals surface area contributed by atoms with Crippen molar-refractivity contribution in [3.63, 3.8) is 0 Å². The molecule has 0 aliphatic heterocycles. The lowest BCUT2D eigenvalue weighted by molar-refractivity contribution is -0.120. The fraction of sp³-hybridized carbons (Fsp3) is 0.222. The van der Waals surface area contributed by atoms with Gasteiger partial charge in [-0.2, -0.15) is 0 Å². The molecule has 1 saturated carbocycles. The first-order valence-corrected chi connectivity index (χ1v) is 9.12. The minimum Gasteiger partial charge on any atom is -0.325 e. The zero-order valence-corrected chi connectivity index (χ0v) is 15.2. The van der Waals surface area contributed by atoms with Crippen LogP contribution in [0, 0.1) is 5.41 Å². The molecule has 3 aromatic rings. The molecule has 1 fully saturated rings. The Morgan fingerprint density at radius 2 is 1.83 bits per heavy atom. The Kier molecular flexibility index (Phi) is 3.60. The van der Waals surface area contributed by atoms with Crippen LogP contribution in [-0.4, -0.2) is 15.2 Å². The molecule has 1 aliphatic rings. The van der Waals surface area contributed by atoms with Crippen LogP contribution in [0.2, 0.25) is 0 Å². The van der Waals surface area contributed by atoms with Crippen LogP contribution < -0.4 is 5.32 Å². The molecular formula is C18H14Cl2N2OS.